The van der Waals surface area contributed by atoms with Gasteiger partial charge in [0, 0.05) is 25.0 Å². The number of anilines is 1. The summed E-state index contributed by atoms with van der Waals surface area (Å²) in [4.78, 5) is 13.9. The van der Waals surface area contributed by atoms with E-state index in [-0.39, 0.29) is 6.03 Å². The van der Waals surface area contributed by atoms with E-state index in [1.54, 1.807) is 21.7 Å². The Kier molecular flexibility index (Phi) is 5.00. The fourth-order valence-electron chi connectivity index (χ4n) is 2.78. The van der Waals surface area contributed by atoms with Gasteiger partial charge in [-0.2, -0.15) is 5.10 Å². The van der Waals surface area contributed by atoms with Crippen LogP contribution in [0, 0.1) is 19.7 Å². The Morgan fingerprint density at radius 1 is 1.40 bits per heavy atom. The normalized spacial score (nSPS) is 17.6. The van der Waals surface area contributed by atoms with Crippen LogP contribution in [0.3, 0.4) is 0 Å². The predicted molar refractivity (Wildman–Crippen MR) is 90.3 cm³/mol. The lowest BCUT2D eigenvalue weighted by Gasteiger charge is -2.31. The third kappa shape index (κ3) is 3.80. The van der Waals surface area contributed by atoms with Gasteiger partial charge in [-0.05, 0) is 38.1 Å². The lowest BCUT2D eigenvalue weighted by atomic mass is 10.2. The molecule has 1 unspecified atom stereocenters. The summed E-state index contributed by atoms with van der Waals surface area (Å²) in [6.07, 6.45) is -0.440. The number of nitrogens with zero attached hydrogens (tertiary/aromatic N) is 3. The van der Waals surface area contributed by atoms with Gasteiger partial charge in [-0.3, -0.25) is 0 Å². The number of benzene rings is 1. The monoisotopic (exact) mass is 348 g/mol. The second-order valence-corrected chi connectivity index (χ2v) is 5.92. The van der Waals surface area contributed by atoms with Crippen molar-refractivity contribution in [1.29, 1.82) is 0 Å². The Labute approximate surface area is 145 Å². The smallest absolute Gasteiger partial charge is 0.322 e. The van der Waals surface area contributed by atoms with E-state index in [2.05, 4.69) is 10.4 Å². The van der Waals surface area contributed by atoms with Gasteiger partial charge in [0.2, 0.25) is 0 Å². The molecule has 1 atom stereocenters. The third-order valence-corrected chi connectivity index (χ3v) is 4.02. The lowest BCUT2D eigenvalue weighted by molar-refractivity contribution is -0.155. The molecule has 0 radical (unpaired) electrons. The first kappa shape index (κ1) is 17.4. The van der Waals surface area contributed by atoms with Crippen LogP contribution in [0.15, 0.2) is 24.3 Å². The van der Waals surface area contributed by atoms with Gasteiger partial charge in [0.1, 0.15) is 5.69 Å². The van der Waals surface area contributed by atoms with Crippen molar-refractivity contribution < 1.29 is 18.7 Å². The number of halogens is 1. The zero-order valence-electron chi connectivity index (χ0n) is 14.5. The van der Waals surface area contributed by atoms with Crippen LogP contribution in [-0.4, -0.2) is 53.8 Å². The Morgan fingerprint density at radius 2 is 2.20 bits per heavy atom. The van der Waals surface area contributed by atoms with Crippen LogP contribution in [0.1, 0.15) is 11.4 Å². The zero-order chi connectivity index (χ0) is 18.0. The molecular weight excluding hydrogens is 327 g/mol. The summed E-state index contributed by atoms with van der Waals surface area (Å²) in [7, 11) is 1.53. The molecule has 1 aliphatic rings. The molecule has 1 aromatic heterocycles. The third-order valence-electron chi connectivity index (χ3n) is 4.02. The predicted octanol–water partition coefficient (Wildman–Crippen LogP) is 2.46. The number of hydrogen-bond donors (Lipinski definition) is 1. The zero-order valence-corrected chi connectivity index (χ0v) is 14.5. The number of morpholine rings is 1. The van der Waals surface area contributed by atoms with Crippen molar-refractivity contribution in [2.45, 2.75) is 20.1 Å². The van der Waals surface area contributed by atoms with E-state index in [4.69, 9.17) is 9.47 Å². The second-order valence-electron chi connectivity index (χ2n) is 5.92. The van der Waals surface area contributed by atoms with Crippen molar-refractivity contribution >= 4 is 11.7 Å². The highest BCUT2D eigenvalue weighted by atomic mass is 19.1. The second kappa shape index (κ2) is 7.20. The minimum atomic E-state index is -0.458. The van der Waals surface area contributed by atoms with E-state index in [1.807, 2.05) is 19.9 Å². The maximum absolute atomic E-state index is 14.5. The summed E-state index contributed by atoms with van der Waals surface area (Å²) in [5.74, 6) is -0.458. The summed E-state index contributed by atoms with van der Waals surface area (Å²) in [5, 5.41) is 6.98. The quantitative estimate of drug-likeness (QED) is 0.925. The van der Waals surface area contributed by atoms with Crippen LogP contribution >= 0.6 is 0 Å². The van der Waals surface area contributed by atoms with Crippen molar-refractivity contribution in [3.8, 4) is 5.69 Å². The highest BCUT2D eigenvalue weighted by molar-refractivity contribution is 5.89. The van der Waals surface area contributed by atoms with Gasteiger partial charge in [0.05, 0.1) is 18.8 Å². The molecule has 3 rings (SSSR count). The first-order chi connectivity index (χ1) is 12.0. The van der Waals surface area contributed by atoms with Crippen molar-refractivity contribution in [1.82, 2.24) is 14.7 Å². The average molecular weight is 348 g/mol. The van der Waals surface area contributed by atoms with Gasteiger partial charge < -0.3 is 19.7 Å². The molecule has 0 saturated carbocycles. The fraction of sp³-hybridized carbons (Fsp3) is 0.412. The van der Waals surface area contributed by atoms with Crippen molar-refractivity contribution in [3.63, 3.8) is 0 Å². The molecule has 2 aromatic rings. The molecule has 2 heterocycles. The highest BCUT2D eigenvalue weighted by Crippen LogP contribution is 2.20. The first-order valence-electron chi connectivity index (χ1n) is 8.01. The van der Waals surface area contributed by atoms with Crippen LogP contribution in [0.5, 0.6) is 0 Å². The van der Waals surface area contributed by atoms with Gasteiger partial charge in [-0.25, -0.2) is 13.9 Å². The molecule has 1 saturated heterocycles. The van der Waals surface area contributed by atoms with Gasteiger partial charge in [0.15, 0.2) is 12.1 Å². The molecular formula is C17H21FN4O3. The van der Waals surface area contributed by atoms with E-state index in [1.165, 1.54) is 13.2 Å². The van der Waals surface area contributed by atoms with Crippen LogP contribution < -0.4 is 5.32 Å². The first-order valence-corrected chi connectivity index (χ1v) is 8.01. The van der Waals surface area contributed by atoms with Gasteiger partial charge in [0.25, 0.3) is 0 Å². The molecule has 0 spiro atoms. The fourth-order valence-corrected chi connectivity index (χ4v) is 2.78. The molecule has 134 valence electrons. The molecule has 1 aromatic carbocycles. The number of rotatable bonds is 3. The Balaban J connectivity index is 1.72. The molecule has 25 heavy (non-hydrogen) atoms. The number of ether oxygens (including phenoxy) is 2. The van der Waals surface area contributed by atoms with Crippen LogP contribution in [0.4, 0.5) is 14.9 Å². The molecule has 1 fully saturated rings. The lowest BCUT2D eigenvalue weighted by Crippen LogP contribution is -2.47. The number of methoxy groups -OCH3 is 1. The number of hydrogen-bond acceptors (Lipinski definition) is 4. The summed E-state index contributed by atoms with van der Waals surface area (Å²) in [6.45, 7) is 4.90. The van der Waals surface area contributed by atoms with Gasteiger partial charge in [-0.15, -0.1) is 0 Å². The maximum Gasteiger partial charge on any atom is 0.322 e. The number of nitrogens with one attached hydrogen (secondary N) is 1. The number of aryl methyl sites for hydroxylation is 2. The van der Waals surface area contributed by atoms with Gasteiger partial charge in [-0.1, -0.05) is 0 Å². The summed E-state index contributed by atoms with van der Waals surface area (Å²) < 4.78 is 26.5. The Bertz CT molecular complexity index is 777. The maximum atomic E-state index is 14.5. The van der Waals surface area contributed by atoms with E-state index in [0.717, 1.165) is 11.4 Å². The van der Waals surface area contributed by atoms with E-state index >= 15 is 0 Å². The number of urea groups is 1. The topological polar surface area (TPSA) is 68.6 Å². The van der Waals surface area contributed by atoms with Crippen LogP contribution in [0.25, 0.3) is 5.69 Å². The molecule has 1 N–H and O–H groups in total. The number of aromatic nitrogens is 2. The minimum Gasteiger partial charge on any atom is -0.354 e. The highest BCUT2D eigenvalue weighted by Gasteiger charge is 2.24. The minimum absolute atomic E-state index is 0.316. The van der Waals surface area contributed by atoms with Crippen molar-refractivity contribution in [3.05, 3.63) is 41.5 Å². The number of carbonyl (C=O) groups excluding carboxylic acids is 1. The summed E-state index contributed by atoms with van der Waals surface area (Å²) >= 11 is 0. The number of carbonyl (C=O) groups is 1. The Morgan fingerprint density at radius 3 is 2.84 bits per heavy atom. The molecule has 0 bridgehead atoms. The summed E-state index contributed by atoms with van der Waals surface area (Å²) in [6, 6.07) is 6.10. The number of amides is 2. The van der Waals surface area contributed by atoms with Crippen molar-refractivity contribution in [2.24, 2.45) is 0 Å². The van der Waals surface area contributed by atoms with E-state index < -0.39 is 12.1 Å². The SMILES string of the molecule is COC1CN(C(=O)Nc2ccc(-n3nc(C)cc3C)c(F)c2)CCO1. The standard InChI is InChI=1S/C17H21FN4O3/c1-11-8-12(2)22(20-11)15-5-4-13(9-14(15)18)19-17(23)21-6-7-25-16(10-21)24-3/h4-5,8-9,16H,6-7,10H2,1-3H3,(H,19,23). The largest absolute Gasteiger partial charge is 0.354 e. The van der Waals surface area contributed by atoms with E-state index in [0.29, 0.717) is 31.1 Å². The Hall–Kier alpha value is -2.45. The molecule has 2 amide bonds. The molecule has 8 heteroatoms. The molecule has 0 aliphatic carbocycles. The average Bonchev–Trinajstić information content (AvgIpc) is 2.93. The molecule has 1 aliphatic heterocycles. The van der Waals surface area contributed by atoms with Crippen molar-refractivity contribution in [2.75, 3.05) is 32.1 Å². The van der Waals surface area contributed by atoms with Gasteiger partial charge >= 0.3 is 6.03 Å². The van der Waals surface area contributed by atoms with Crippen LogP contribution in [0.2, 0.25) is 0 Å². The van der Waals surface area contributed by atoms with Crippen LogP contribution in [-0.2, 0) is 9.47 Å². The van der Waals surface area contributed by atoms with E-state index in [9.17, 15) is 9.18 Å². The summed E-state index contributed by atoms with van der Waals surface area (Å²) in [5.41, 5.74) is 2.38. The molecule has 7 nitrogen and oxygen atoms in total.